The van der Waals surface area contributed by atoms with Gasteiger partial charge in [0.15, 0.2) is 0 Å². The number of nitrogens with zero attached hydrogens (tertiary/aromatic N) is 2. The second-order valence-electron chi connectivity index (χ2n) is 5.91. The van der Waals surface area contributed by atoms with E-state index in [-0.39, 0.29) is 0 Å². The Balaban J connectivity index is 2.09. The van der Waals surface area contributed by atoms with Crippen molar-refractivity contribution in [2.24, 2.45) is 0 Å². The lowest BCUT2D eigenvalue weighted by Gasteiger charge is -2.16. The molecule has 26 heavy (non-hydrogen) atoms. The average molecular weight is 334 g/mol. The quantitative estimate of drug-likeness (QED) is 0.462. The highest BCUT2D eigenvalue weighted by molar-refractivity contribution is 6.03. The molecule has 2 heterocycles. The zero-order chi connectivity index (χ0) is 17.6. The topological polar surface area (TPSA) is 25.8 Å². The zero-order valence-corrected chi connectivity index (χ0v) is 14.3. The van der Waals surface area contributed by atoms with E-state index in [2.05, 4.69) is 58.5 Å². The fourth-order valence-corrected chi connectivity index (χ4v) is 3.07. The Morgan fingerprint density at radius 2 is 0.808 bits per heavy atom. The molecule has 0 bridgehead atoms. The van der Waals surface area contributed by atoms with Gasteiger partial charge in [-0.25, -0.2) is 0 Å². The van der Waals surface area contributed by atoms with Crippen molar-refractivity contribution >= 4 is 11.1 Å². The van der Waals surface area contributed by atoms with Gasteiger partial charge in [0.25, 0.3) is 0 Å². The van der Waals surface area contributed by atoms with Crippen molar-refractivity contribution in [2.75, 3.05) is 0 Å². The number of benzene rings is 2. The maximum absolute atomic E-state index is 4.64. The summed E-state index contributed by atoms with van der Waals surface area (Å²) in [4.78, 5) is 9.28. The van der Waals surface area contributed by atoms with Gasteiger partial charge in [0, 0.05) is 23.5 Å². The minimum Gasteiger partial charge on any atom is -0.256 e. The van der Waals surface area contributed by atoms with Crippen LogP contribution in [0.2, 0.25) is 0 Å². The highest BCUT2D eigenvalue weighted by Crippen LogP contribution is 2.34. The third-order valence-electron chi connectivity index (χ3n) is 4.22. The normalized spacial score (nSPS) is 11.7. The Labute approximate surface area is 153 Å². The molecule has 0 fully saturated rings. The molecule has 0 saturated carbocycles. The predicted octanol–water partition coefficient (Wildman–Crippen LogP) is 5.48. The molecule has 0 spiro atoms. The van der Waals surface area contributed by atoms with Crippen LogP contribution in [0.15, 0.2) is 109 Å². The minimum atomic E-state index is 0.934. The van der Waals surface area contributed by atoms with Gasteiger partial charge >= 0.3 is 0 Å². The SMILES string of the molecule is c1ccc(C(=C(c2ccccc2)c2ccccn2)c2ccccn2)cc1. The first kappa shape index (κ1) is 16.0. The standard InChI is InChI=1S/C24H18N2/c1-3-11-19(12-4-1)23(21-15-7-9-17-25-21)24(20-13-5-2-6-14-20)22-16-8-10-18-26-22/h1-18H. The second-order valence-corrected chi connectivity index (χ2v) is 5.91. The van der Waals surface area contributed by atoms with Crippen molar-refractivity contribution in [3.8, 4) is 0 Å². The Morgan fingerprint density at radius 3 is 1.15 bits per heavy atom. The van der Waals surface area contributed by atoms with Crippen molar-refractivity contribution < 1.29 is 0 Å². The van der Waals surface area contributed by atoms with Gasteiger partial charge < -0.3 is 0 Å². The highest BCUT2D eigenvalue weighted by Gasteiger charge is 2.17. The van der Waals surface area contributed by atoms with Gasteiger partial charge in [0.05, 0.1) is 11.4 Å². The summed E-state index contributed by atoms with van der Waals surface area (Å²) >= 11 is 0. The van der Waals surface area contributed by atoms with Gasteiger partial charge in [-0.3, -0.25) is 9.97 Å². The molecule has 2 heteroatoms. The molecule has 2 aromatic carbocycles. The van der Waals surface area contributed by atoms with Gasteiger partial charge in [-0.05, 0) is 35.4 Å². The first-order valence-electron chi connectivity index (χ1n) is 8.61. The van der Waals surface area contributed by atoms with E-state index in [0.29, 0.717) is 0 Å². The third kappa shape index (κ3) is 3.31. The van der Waals surface area contributed by atoms with Crippen molar-refractivity contribution in [1.82, 2.24) is 9.97 Å². The molecule has 0 unspecified atom stereocenters. The van der Waals surface area contributed by atoms with Gasteiger partial charge in [0.1, 0.15) is 0 Å². The molecule has 0 radical (unpaired) electrons. The number of rotatable bonds is 4. The van der Waals surface area contributed by atoms with Gasteiger partial charge in [-0.2, -0.15) is 0 Å². The van der Waals surface area contributed by atoms with Gasteiger partial charge in [0.2, 0.25) is 0 Å². The molecular formula is C24H18N2. The molecule has 124 valence electrons. The van der Waals surface area contributed by atoms with Crippen LogP contribution < -0.4 is 0 Å². The van der Waals surface area contributed by atoms with E-state index in [4.69, 9.17) is 0 Å². The Hall–Kier alpha value is -3.52. The van der Waals surface area contributed by atoms with E-state index in [1.807, 2.05) is 60.9 Å². The van der Waals surface area contributed by atoms with Crippen molar-refractivity contribution in [3.05, 3.63) is 132 Å². The average Bonchev–Trinajstić information content (AvgIpc) is 2.74. The fourth-order valence-electron chi connectivity index (χ4n) is 3.07. The monoisotopic (exact) mass is 334 g/mol. The van der Waals surface area contributed by atoms with Crippen molar-refractivity contribution in [1.29, 1.82) is 0 Å². The predicted molar refractivity (Wildman–Crippen MR) is 106 cm³/mol. The summed E-state index contributed by atoms with van der Waals surface area (Å²) in [6.07, 6.45) is 3.67. The summed E-state index contributed by atoms with van der Waals surface area (Å²) < 4.78 is 0. The molecule has 4 aromatic rings. The molecule has 0 saturated heterocycles. The van der Waals surface area contributed by atoms with Crippen LogP contribution in [0.5, 0.6) is 0 Å². The van der Waals surface area contributed by atoms with E-state index < -0.39 is 0 Å². The summed E-state index contributed by atoms with van der Waals surface area (Å²) in [5.41, 5.74) is 6.27. The van der Waals surface area contributed by atoms with E-state index in [1.54, 1.807) is 0 Å². The smallest absolute Gasteiger partial charge is 0.0715 e. The lowest BCUT2D eigenvalue weighted by Crippen LogP contribution is -2.00. The molecule has 0 amide bonds. The lowest BCUT2D eigenvalue weighted by atomic mass is 9.90. The van der Waals surface area contributed by atoms with E-state index in [9.17, 15) is 0 Å². The zero-order valence-electron chi connectivity index (χ0n) is 14.3. The number of hydrogen-bond donors (Lipinski definition) is 0. The van der Waals surface area contributed by atoms with Crippen LogP contribution in [0, 0.1) is 0 Å². The van der Waals surface area contributed by atoms with Crippen molar-refractivity contribution in [3.63, 3.8) is 0 Å². The fraction of sp³-hybridized carbons (Fsp3) is 0. The third-order valence-corrected chi connectivity index (χ3v) is 4.22. The maximum atomic E-state index is 4.64. The molecule has 0 N–H and O–H groups in total. The molecule has 4 rings (SSSR count). The summed E-state index contributed by atoms with van der Waals surface area (Å²) in [5.74, 6) is 0. The Morgan fingerprint density at radius 1 is 0.423 bits per heavy atom. The maximum Gasteiger partial charge on any atom is 0.0715 e. The van der Waals surface area contributed by atoms with E-state index in [1.165, 1.54) is 0 Å². The summed E-state index contributed by atoms with van der Waals surface area (Å²) in [5, 5.41) is 0. The molecular weight excluding hydrogens is 316 g/mol. The second kappa shape index (κ2) is 7.58. The summed E-state index contributed by atoms with van der Waals surface area (Å²) in [6, 6.07) is 32.8. The van der Waals surface area contributed by atoms with Crippen LogP contribution in [0.3, 0.4) is 0 Å². The first-order valence-corrected chi connectivity index (χ1v) is 8.61. The molecule has 0 aliphatic heterocycles. The lowest BCUT2D eigenvalue weighted by molar-refractivity contribution is 1.25. The molecule has 0 aliphatic rings. The van der Waals surface area contributed by atoms with Crippen LogP contribution in [0.1, 0.15) is 22.5 Å². The Kier molecular flexibility index (Phi) is 4.66. The van der Waals surface area contributed by atoms with Gasteiger partial charge in [-0.15, -0.1) is 0 Å². The first-order chi connectivity index (χ1) is 12.9. The molecule has 0 atom stereocenters. The van der Waals surface area contributed by atoms with E-state index in [0.717, 1.165) is 33.7 Å². The number of pyridine rings is 2. The van der Waals surface area contributed by atoms with Gasteiger partial charge in [-0.1, -0.05) is 72.8 Å². The summed E-state index contributed by atoms with van der Waals surface area (Å²) in [7, 11) is 0. The number of aromatic nitrogens is 2. The van der Waals surface area contributed by atoms with Crippen molar-refractivity contribution in [2.45, 2.75) is 0 Å². The van der Waals surface area contributed by atoms with Crippen LogP contribution in [-0.2, 0) is 0 Å². The Bertz CT molecular complexity index is 825. The molecule has 0 aliphatic carbocycles. The van der Waals surface area contributed by atoms with Crippen LogP contribution in [0.4, 0.5) is 0 Å². The largest absolute Gasteiger partial charge is 0.256 e. The van der Waals surface area contributed by atoms with Crippen LogP contribution in [0.25, 0.3) is 11.1 Å². The highest BCUT2D eigenvalue weighted by atomic mass is 14.7. The summed E-state index contributed by atoms with van der Waals surface area (Å²) in [6.45, 7) is 0. The minimum absolute atomic E-state index is 0.934. The van der Waals surface area contributed by atoms with E-state index >= 15 is 0 Å². The molecule has 2 aromatic heterocycles. The molecule has 2 nitrogen and oxygen atoms in total. The van der Waals surface area contributed by atoms with Crippen LogP contribution >= 0.6 is 0 Å². The number of hydrogen-bond acceptors (Lipinski definition) is 2. The van der Waals surface area contributed by atoms with Crippen LogP contribution in [-0.4, -0.2) is 9.97 Å².